The van der Waals surface area contributed by atoms with Crippen LogP contribution in [0.3, 0.4) is 0 Å². The molecule has 0 atom stereocenters. The van der Waals surface area contributed by atoms with E-state index in [9.17, 15) is 9.18 Å². The molecule has 3 rings (SSSR count). The number of rotatable bonds is 7. The van der Waals surface area contributed by atoms with Gasteiger partial charge in [0.1, 0.15) is 11.6 Å². The molecule has 0 N–H and O–H groups in total. The second-order valence-corrected chi connectivity index (χ2v) is 8.17. The van der Waals surface area contributed by atoms with Gasteiger partial charge in [-0.25, -0.2) is 9.37 Å². The first-order valence-corrected chi connectivity index (χ1v) is 10.0. The third-order valence-electron chi connectivity index (χ3n) is 5.13. The number of carbonyl (C=O) groups excluding carboxylic acids is 1. The van der Waals surface area contributed by atoms with E-state index in [1.807, 2.05) is 15.7 Å². The maximum absolute atomic E-state index is 14.2. The van der Waals surface area contributed by atoms with Gasteiger partial charge in [0.2, 0.25) is 5.91 Å². The molecule has 6 heteroatoms. The Hall–Kier alpha value is -1.88. The Morgan fingerprint density at radius 1 is 1.37 bits per heavy atom. The van der Waals surface area contributed by atoms with Crippen LogP contribution >= 0.6 is 11.6 Å². The summed E-state index contributed by atoms with van der Waals surface area (Å²) in [4.78, 5) is 19.3. The summed E-state index contributed by atoms with van der Waals surface area (Å²) in [6.45, 7) is 5.66. The molecule has 0 spiro atoms. The van der Waals surface area contributed by atoms with E-state index < -0.39 is 0 Å². The molecule has 1 heterocycles. The molecule has 146 valence electrons. The summed E-state index contributed by atoms with van der Waals surface area (Å²) in [5.74, 6) is 1.15. The smallest absolute Gasteiger partial charge is 0.226 e. The first kappa shape index (κ1) is 19.9. The highest BCUT2D eigenvalue weighted by Crippen LogP contribution is 2.27. The van der Waals surface area contributed by atoms with Gasteiger partial charge in [-0.1, -0.05) is 44.4 Å². The third-order valence-corrected chi connectivity index (χ3v) is 5.48. The predicted molar refractivity (Wildman–Crippen MR) is 105 cm³/mol. The van der Waals surface area contributed by atoms with Gasteiger partial charge >= 0.3 is 0 Å². The highest BCUT2D eigenvalue weighted by Gasteiger charge is 2.28. The Morgan fingerprint density at radius 2 is 2.11 bits per heavy atom. The minimum absolute atomic E-state index is 0.133. The molecule has 1 aliphatic carbocycles. The lowest BCUT2D eigenvalue weighted by atomic mass is 10.1. The number of benzene rings is 1. The van der Waals surface area contributed by atoms with Crippen molar-refractivity contribution in [2.45, 2.75) is 52.6 Å². The van der Waals surface area contributed by atoms with Crippen LogP contribution in [0.4, 0.5) is 4.39 Å². The van der Waals surface area contributed by atoms with Crippen LogP contribution in [0.2, 0.25) is 5.02 Å². The van der Waals surface area contributed by atoms with Gasteiger partial charge in [-0.2, -0.15) is 0 Å². The fraction of sp³-hybridized carbons (Fsp3) is 0.524. The Kier molecular flexibility index (Phi) is 6.53. The molecule has 0 saturated heterocycles. The maximum atomic E-state index is 14.2. The highest BCUT2D eigenvalue weighted by atomic mass is 35.5. The zero-order chi connectivity index (χ0) is 19.4. The number of hydrogen-bond acceptors (Lipinski definition) is 2. The Bertz CT molecular complexity index is 763. The SMILES string of the molecule is CC(C)CN(Cc1nccn1Cc1c(F)cccc1Cl)C(=O)C1CCCC1. The van der Waals surface area contributed by atoms with Crippen molar-refractivity contribution in [2.24, 2.45) is 11.8 Å². The van der Waals surface area contributed by atoms with Gasteiger partial charge in [-0.3, -0.25) is 4.79 Å². The van der Waals surface area contributed by atoms with Crippen LogP contribution in [0.25, 0.3) is 0 Å². The van der Waals surface area contributed by atoms with E-state index in [1.54, 1.807) is 18.3 Å². The Balaban J connectivity index is 1.79. The molecule has 2 aromatic rings. The van der Waals surface area contributed by atoms with E-state index in [0.29, 0.717) is 36.1 Å². The minimum Gasteiger partial charge on any atom is -0.335 e. The summed E-state index contributed by atoms with van der Waals surface area (Å²) in [6, 6.07) is 4.69. The fourth-order valence-electron chi connectivity index (χ4n) is 3.76. The summed E-state index contributed by atoms with van der Waals surface area (Å²) >= 11 is 6.17. The van der Waals surface area contributed by atoms with Crippen molar-refractivity contribution in [3.05, 3.63) is 52.8 Å². The average Bonchev–Trinajstić information content (AvgIpc) is 3.29. The standard InChI is InChI=1S/C21H27ClFN3O/c1-15(2)12-26(21(27)16-6-3-4-7-16)14-20-24-10-11-25(20)13-17-18(22)8-5-9-19(17)23/h5,8-11,15-16H,3-4,6-7,12-14H2,1-2H3. The minimum atomic E-state index is -0.330. The van der Waals surface area contributed by atoms with Crippen molar-refractivity contribution in [3.8, 4) is 0 Å². The average molecular weight is 392 g/mol. The largest absolute Gasteiger partial charge is 0.335 e. The number of nitrogens with zero attached hydrogens (tertiary/aromatic N) is 3. The van der Waals surface area contributed by atoms with Crippen LogP contribution in [-0.4, -0.2) is 26.9 Å². The van der Waals surface area contributed by atoms with Crippen LogP contribution in [0, 0.1) is 17.7 Å². The third kappa shape index (κ3) is 4.89. The second-order valence-electron chi connectivity index (χ2n) is 7.77. The summed E-state index contributed by atoms with van der Waals surface area (Å²) in [5, 5.41) is 0.399. The van der Waals surface area contributed by atoms with E-state index >= 15 is 0 Å². The number of imidazole rings is 1. The van der Waals surface area contributed by atoms with Crippen LogP contribution in [-0.2, 0) is 17.9 Å². The molecule has 1 aliphatic rings. The molecule has 1 aromatic carbocycles. The zero-order valence-electron chi connectivity index (χ0n) is 16.0. The van der Waals surface area contributed by atoms with E-state index in [0.717, 1.165) is 31.5 Å². The molecule has 27 heavy (non-hydrogen) atoms. The van der Waals surface area contributed by atoms with Crippen molar-refractivity contribution in [1.82, 2.24) is 14.5 Å². The van der Waals surface area contributed by atoms with Gasteiger partial charge in [-0.15, -0.1) is 0 Å². The number of hydrogen-bond donors (Lipinski definition) is 0. The Morgan fingerprint density at radius 3 is 2.78 bits per heavy atom. The summed E-state index contributed by atoms with van der Waals surface area (Å²) in [6.07, 6.45) is 7.72. The Labute approximate surface area is 165 Å². The lowest BCUT2D eigenvalue weighted by molar-refractivity contribution is -0.136. The molecule has 0 aliphatic heterocycles. The predicted octanol–water partition coefficient (Wildman–Crippen LogP) is 4.90. The van der Waals surface area contributed by atoms with Gasteiger partial charge in [0.05, 0.1) is 13.1 Å². The molecule has 1 fully saturated rings. The highest BCUT2D eigenvalue weighted by molar-refractivity contribution is 6.31. The van der Waals surface area contributed by atoms with Crippen LogP contribution in [0.1, 0.15) is 50.9 Å². The van der Waals surface area contributed by atoms with Gasteiger partial charge in [0, 0.05) is 35.4 Å². The first-order valence-electron chi connectivity index (χ1n) is 9.67. The van der Waals surface area contributed by atoms with E-state index in [1.165, 1.54) is 6.07 Å². The second kappa shape index (κ2) is 8.87. The topological polar surface area (TPSA) is 38.1 Å². The molecule has 0 radical (unpaired) electrons. The van der Waals surface area contributed by atoms with E-state index in [-0.39, 0.29) is 17.6 Å². The monoisotopic (exact) mass is 391 g/mol. The quantitative estimate of drug-likeness (QED) is 0.673. The number of halogens is 2. The van der Waals surface area contributed by atoms with Gasteiger partial charge < -0.3 is 9.47 Å². The van der Waals surface area contributed by atoms with Crippen molar-refractivity contribution in [2.75, 3.05) is 6.54 Å². The van der Waals surface area contributed by atoms with Crippen LogP contribution in [0.15, 0.2) is 30.6 Å². The van der Waals surface area contributed by atoms with Crippen LogP contribution < -0.4 is 0 Å². The molecule has 0 bridgehead atoms. The fourth-order valence-corrected chi connectivity index (χ4v) is 3.99. The number of aromatic nitrogens is 2. The van der Waals surface area contributed by atoms with Crippen molar-refractivity contribution >= 4 is 17.5 Å². The van der Waals surface area contributed by atoms with Gasteiger partial charge in [0.15, 0.2) is 0 Å². The molecule has 4 nitrogen and oxygen atoms in total. The van der Waals surface area contributed by atoms with Crippen molar-refractivity contribution < 1.29 is 9.18 Å². The van der Waals surface area contributed by atoms with Gasteiger partial charge in [0.25, 0.3) is 0 Å². The summed E-state index contributed by atoms with van der Waals surface area (Å²) < 4.78 is 16.0. The van der Waals surface area contributed by atoms with Crippen molar-refractivity contribution in [1.29, 1.82) is 0 Å². The van der Waals surface area contributed by atoms with Gasteiger partial charge in [-0.05, 0) is 30.9 Å². The lowest BCUT2D eigenvalue weighted by Crippen LogP contribution is -2.38. The molecule has 0 unspecified atom stereocenters. The number of carbonyl (C=O) groups is 1. The maximum Gasteiger partial charge on any atom is 0.226 e. The summed E-state index contributed by atoms with van der Waals surface area (Å²) in [7, 11) is 0. The normalized spacial score (nSPS) is 14.9. The van der Waals surface area contributed by atoms with E-state index in [2.05, 4.69) is 18.8 Å². The summed E-state index contributed by atoms with van der Waals surface area (Å²) in [5.41, 5.74) is 0.441. The number of amides is 1. The molecule has 1 saturated carbocycles. The van der Waals surface area contributed by atoms with Crippen LogP contribution in [0.5, 0.6) is 0 Å². The van der Waals surface area contributed by atoms with Crippen molar-refractivity contribution in [3.63, 3.8) is 0 Å². The zero-order valence-corrected chi connectivity index (χ0v) is 16.8. The lowest BCUT2D eigenvalue weighted by Gasteiger charge is -2.27. The molecular weight excluding hydrogens is 365 g/mol. The van der Waals surface area contributed by atoms with E-state index in [4.69, 9.17) is 11.6 Å². The first-order chi connectivity index (χ1) is 13.0. The molecular formula is C21H27ClFN3O. The molecule has 1 aromatic heterocycles. The molecule has 1 amide bonds.